The van der Waals surface area contributed by atoms with Gasteiger partial charge in [0.1, 0.15) is 17.0 Å². The lowest BCUT2D eigenvalue weighted by molar-refractivity contribution is -0.115. The smallest absolute Gasteiger partial charge is 0.263 e. The van der Waals surface area contributed by atoms with Crippen LogP contribution >= 0.6 is 0 Å². The Kier molecular flexibility index (Phi) is 4.22. The van der Waals surface area contributed by atoms with Gasteiger partial charge in [0.15, 0.2) is 5.65 Å². The summed E-state index contributed by atoms with van der Waals surface area (Å²) in [6.07, 6.45) is 1.69. The number of H-pyrrole nitrogens is 1. The van der Waals surface area contributed by atoms with Crippen molar-refractivity contribution in [3.63, 3.8) is 0 Å². The summed E-state index contributed by atoms with van der Waals surface area (Å²) in [7, 11) is 0. The normalized spacial score (nSPS) is 11.1. The maximum Gasteiger partial charge on any atom is 0.263 e. The number of anilines is 1. The fourth-order valence-electron chi connectivity index (χ4n) is 2.76. The third-order valence-corrected chi connectivity index (χ3v) is 4.12. The van der Waals surface area contributed by atoms with Crippen LogP contribution < -0.4 is 10.9 Å². The van der Waals surface area contributed by atoms with Gasteiger partial charge in [-0.25, -0.2) is 9.07 Å². The van der Waals surface area contributed by atoms with Gasteiger partial charge in [-0.3, -0.25) is 14.6 Å². The summed E-state index contributed by atoms with van der Waals surface area (Å²) in [5.41, 5.74) is 1.07. The molecule has 4 aromatic rings. The molecule has 28 heavy (non-hydrogen) atoms. The van der Waals surface area contributed by atoms with Crippen molar-refractivity contribution < 1.29 is 9.18 Å². The number of carbonyl (C=O) groups is 1. The maximum absolute atomic E-state index is 13.2. The monoisotopic (exact) mass is 381 g/mol. The Balaban J connectivity index is 1.88. The number of aromatic nitrogens is 6. The van der Waals surface area contributed by atoms with Crippen molar-refractivity contribution in [3.8, 4) is 11.6 Å². The van der Waals surface area contributed by atoms with E-state index in [2.05, 4.69) is 25.5 Å². The third kappa shape index (κ3) is 3.04. The first kappa shape index (κ1) is 17.6. The third-order valence-electron chi connectivity index (χ3n) is 4.12. The van der Waals surface area contributed by atoms with Crippen LogP contribution in [-0.4, -0.2) is 35.4 Å². The molecule has 0 bridgehead atoms. The summed E-state index contributed by atoms with van der Waals surface area (Å²) in [4.78, 5) is 31.4. The molecule has 9 nitrogen and oxygen atoms in total. The zero-order valence-corrected chi connectivity index (χ0v) is 15.1. The second-order valence-electron chi connectivity index (χ2n) is 6.14. The molecule has 0 aliphatic heterocycles. The molecule has 0 spiro atoms. The Labute approximate surface area is 157 Å². The zero-order valence-electron chi connectivity index (χ0n) is 15.1. The Morgan fingerprint density at radius 2 is 2.00 bits per heavy atom. The van der Waals surface area contributed by atoms with Crippen LogP contribution in [0.1, 0.15) is 19.0 Å². The van der Waals surface area contributed by atoms with Crippen LogP contribution in [0, 0.1) is 12.7 Å². The molecule has 0 fully saturated rings. The number of hydrogen-bond acceptors (Lipinski definition) is 5. The van der Waals surface area contributed by atoms with Crippen LogP contribution in [0.4, 0.5) is 10.2 Å². The van der Waals surface area contributed by atoms with E-state index in [4.69, 9.17) is 0 Å². The number of benzene rings is 1. The number of aryl methyl sites for hydroxylation is 1. The van der Waals surface area contributed by atoms with Crippen molar-refractivity contribution in [1.82, 2.24) is 29.5 Å². The predicted molar refractivity (Wildman–Crippen MR) is 100 cm³/mol. The van der Waals surface area contributed by atoms with Crippen molar-refractivity contribution in [1.29, 1.82) is 0 Å². The van der Waals surface area contributed by atoms with E-state index in [-0.39, 0.29) is 28.7 Å². The quantitative estimate of drug-likeness (QED) is 0.562. The van der Waals surface area contributed by atoms with E-state index in [9.17, 15) is 14.0 Å². The first-order valence-electron chi connectivity index (χ1n) is 8.57. The van der Waals surface area contributed by atoms with E-state index in [1.807, 2.05) is 0 Å². The summed E-state index contributed by atoms with van der Waals surface area (Å²) in [5, 5.41) is 11.5. The van der Waals surface area contributed by atoms with Crippen molar-refractivity contribution >= 4 is 22.8 Å². The molecule has 0 aliphatic carbocycles. The number of halogens is 1. The van der Waals surface area contributed by atoms with Gasteiger partial charge in [0.05, 0.1) is 17.6 Å². The highest BCUT2D eigenvalue weighted by atomic mass is 19.1. The van der Waals surface area contributed by atoms with Crippen LogP contribution in [0.15, 0.2) is 41.3 Å². The number of hydrogen-bond donors (Lipinski definition) is 2. The van der Waals surface area contributed by atoms with Gasteiger partial charge < -0.3 is 5.32 Å². The van der Waals surface area contributed by atoms with Gasteiger partial charge in [0.2, 0.25) is 11.9 Å². The van der Waals surface area contributed by atoms with Crippen molar-refractivity contribution in [2.24, 2.45) is 0 Å². The lowest BCUT2D eigenvalue weighted by Gasteiger charge is -2.08. The highest BCUT2D eigenvalue weighted by Crippen LogP contribution is 2.18. The number of aromatic amines is 1. The summed E-state index contributed by atoms with van der Waals surface area (Å²) < 4.78 is 16.0. The SMILES string of the molecule is CCC(=O)Nc1cc(C)nn1-c1nc2c(cnn2-c2ccc(F)cc2)c(=O)[nH]1. The fraction of sp³-hybridized carbons (Fsp3) is 0.167. The number of carbonyl (C=O) groups excluding carboxylic acids is 1. The molecular formula is C18H16FN7O2. The van der Waals surface area contributed by atoms with E-state index >= 15 is 0 Å². The molecule has 2 N–H and O–H groups in total. The minimum Gasteiger partial charge on any atom is -0.310 e. The molecule has 4 rings (SSSR count). The molecule has 10 heteroatoms. The minimum atomic E-state index is -0.408. The van der Waals surface area contributed by atoms with E-state index < -0.39 is 5.56 Å². The van der Waals surface area contributed by atoms with Crippen molar-refractivity contribution in [2.75, 3.05) is 5.32 Å². The Morgan fingerprint density at radius 3 is 2.71 bits per heavy atom. The van der Waals surface area contributed by atoms with Gasteiger partial charge in [-0.2, -0.15) is 19.9 Å². The highest BCUT2D eigenvalue weighted by molar-refractivity contribution is 5.89. The maximum atomic E-state index is 13.2. The molecule has 0 radical (unpaired) electrons. The first-order valence-corrected chi connectivity index (χ1v) is 8.57. The second kappa shape index (κ2) is 6.72. The second-order valence-corrected chi connectivity index (χ2v) is 6.14. The Hall–Kier alpha value is -3.82. The van der Waals surface area contributed by atoms with E-state index in [1.54, 1.807) is 19.9 Å². The van der Waals surface area contributed by atoms with Gasteiger partial charge in [-0.1, -0.05) is 6.92 Å². The number of nitrogens with one attached hydrogen (secondary N) is 2. The number of rotatable bonds is 4. The molecule has 0 atom stereocenters. The Bertz CT molecular complexity index is 1240. The van der Waals surface area contributed by atoms with Crippen LogP contribution in [0.25, 0.3) is 22.7 Å². The molecule has 1 aromatic carbocycles. The van der Waals surface area contributed by atoms with Gasteiger partial charge in [0, 0.05) is 12.5 Å². The predicted octanol–water partition coefficient (Wildman–Crippen LogP) is 2.09. The number of amides is 1. The molecule has 0 saturated heterocycles. The van der Waals surface area contributed by atoms with Gasteiger partial charge in [-0.05, 0) is 31.2 Å². The molecule has 0 aliphatic rings. The lowest BCUT2D eigenvalue weighted by Crippen LogP contribution is -2.18. The first-order chi connectivity index (χ1) is 13.5. The molecule has 0 unspecified atom stereocenters. The van der Waals surface area contributed by atoms with Gasteiger partial charge >= 0.3 is 0 Å². The van der Waals surface area contributed by atoms with Crippen LogP contribution in [0.3, 0.4) is 0 Å². The van der Waals surface area contributed by atoms with Gasteiger partial charge in [0.25, 0.3) is 5.56 Å². The van der Waals surface area contributed by atoms with E-state index in [1.165, 1.54) is 39.8 Å². The number of nitrogens with zero attached hydrogens (tertiary/aromatic N) is 5. The van der Waals surface area contributed by atoms with Crippen LogP contribution in [0.5, 0.6) is 0 Å². The Morgan fingerprint density at radius 1 is 1.25 bits per heavy atom. The average Bonchev–Trinajstić information content (AvgIpc) is 3.26. The minimum absolute atomic E-state index is 0.126. The number of fused-ring (bicyclic) bond motifs is 1. The molecular weight excluding hydrogens is 365 g/mol. The summed E-state index contributed by atoms with van der Waals surface area (Å²) in [6, 6.07) is 7.35. The lowest BCUT2D eigenvalue weighted by atomic mass is 10.3. The average molecular weight is 381 g/mol. The van der Waals surface area contributed by atoms with Crippen molar-refractivity contribution in [3.05, 3.63) is 58.4 Å². The standard InChI is InChI=1S/C18H16FN7O2/c1-3-15(27)21-14-8-10(2)24-26(14)18-22-16-13(17(28)23-18)9-20-25(16)12-6-4-11(19)5-7-12/h4-9H,3H2,1-2H3,(H,21,27)(H,22,23,28). The van der Waals surface area contributed by atoms with E-state index in [0.29, 0.717) is 23.6 Å². The highest BCUT2D eigenvalue weighted by Gasteiger charge is 2.16. The van der Waals surface area contributed by atoms with E-state index in [0.717, 1.165) is 0 Å². The fourth-order valence-corrected chi connectivity index (χ4v) is 2.76. The van der Waals surface area contributed by atoms with Crippen LogP contribution in [-0.2, 0) is 4.79 Å². The summed E-state index contributed by atoms with van der Waals surface area (Å²) >= 11 is 0. The van der Waals surface area contributed by atoms with Crippen LogP contribution in [0.2, 0.25) is 0 Å². The molecule has 3 aromatic heterocycles. The topological polar surface area (TPSA) is 110 Å². The molecule has 142 valence electrons. The zero-order chi connectivity index (χ0) is 19.8. The summed E-state index contributed by atoms with van der Waals surface area (Å²) in [5.74, 6) is -0.0588. The molecule has 3 heterocycles. The van der Waals surface area contributed by atoms with Gasteiger partial charge in [-0.15, -0.1) is 0 Å². The largest absolute Gasteiger partial charge is 0.310 e. The molecule has 0 saturated carbocycles. The summed E-state index contributed by atoms with van der Waals surface area (Å²) in [6.45, 7) is 3.49. The molecule has 1 amide bonds. The van der Waals surface area contributed by atoms with Crippen molar-refractivity contribution in [2.45, 2.75) is 20.3 Å².